The fraction of sp³-hybridized carbons (Fsp3) is 0.469. The van der Waals surface area contributed by atoms with Crippen LogP contribution >= 0.6 is 0 Å². The van der Waals surface area contributed by atoms with Crippen LogP contribution in [0.2, 0.25) is 0 Å². The number of fused-ring (bicyclic) bond motifs is 9. The molecule has 0 aromatic heterocycles. The highest BCUT2D eigenvalue weighted by atomic mass is 32.2. The van der Waals surface area contributed by atoms with Gasteiger partial charge < -0.3 is 31.3 Å². The van der Waals surface area contributed by atoms with Crippen molar-refractivity contribution in [2.24, 2.45) is 0 Å². The summed E-state index contributed by atoms with van der Waals surface area (Å²) in [5, 5.41) is 23.1. The molecule has 3 atom stereocenters. The van der Waals surface area contributed by atoms with Crippen LogP contribution in [0.1, 0.15) is 154 Å². The van der Waals surface area contributed by atoms with Gasteiger partial charge in [0, 0.05) is 85.2 Å². The normalized spacial score (nSPS) is 23.2. The third-order valence-corrected chi connectivity index (χ3v) is 18.7. The van der Waals surface area contributed by atoms with Crippen molar-refractivity contribution in [2.75, 3.05) is 37.6 Å². The van der Waals surface area contributed by atoms with E-state index in [1.807, 2.05) is 55.5 Å². The Balaban J connectivity index is 1.18. The van der Waals surface area contributed by atoms with Crippen molar-refractivity contribution in [3.8, 4) is 0 Å². The van der Waals surface area contributed by atoms with E-state index in [4.69, 9.17) is 5.11 Å². The molecule has 20 heteroatoms. The standard InChI is InChI=1S/C64H82N6O12S2/c1-6-63(4)54-28-14-9-8-10-15-29-55-64(5,7-2)61-49-42-45(83(77,78)79)41-44(3)46(49)33-35-52(61)70(55)40-22-12-16-30-56(71)67-43-58(73)65-37-21-19-26-50(62(76)66-38-20-11-18-32-59(74)75)68-57(72)31-17-13-23-39-69(54)51-36-34-47-48(60(51)63)25-24-27-53(47)84(80,81)82/h8-10,14-15,24-25,27-29,33-36,41-42,50H,6-7,11-13,16-23,26,30-32,37-40,43H2,1-5H3,(H6-,65,66,67,68,71,72,73,74,75,76,77,78,79,80,81,82)/p+1. The molecule has 4 aromatic carbocycles. The lowest BCUT2D eigenvalue weighted by molar-refractivity contribution is -0.438. The van der Waals surface area contributed by atoms with E-state index in [1.54, 1.807) is 18.2 Å². The molecule has 0 fully saturated rings. The highest BCUT2D eigenvalue weighted by molar-refractivity contribution is 7.86. The second-order valence-corrected chi connectivity index (χ2v) is 25.5. The first-order chi connectivity index (χ1) is 40.0. The molecule has 3 aliphatic rings. The monoisotopic (exact) mass is 1190 g/mol. The largest absolute Gasteiger partial charge is 0.481 e. The average Bonchev–Trinajstić information content (AvgIpc) is 1.88. The number of aryl methyl sites for hydroxylation is 1. The Labute approximate surface area is 494 Å². The Morgan fingerprint density at radius 2 is 1.43 bits per heavy atom. The van der Waals surface area contributed by atoms with Crippen LogP contribution in [0.4, 0.5) is 11.4 Å². The number of hydrogen-bond acceptors (Lipinski definition) is 10. The number of benzene rings is 4. The summed E-state index contributed by atoms with van der Waals surface area (Å²) >= 11 is 0. The zero-order valence-corrected chi connectivity index (χ0v) is 50.7. The van der Waals surface area contributed by atoms with Crippen molar-refractivity contribution >= 4 is 88.5 Å². The lowest BCUT2D eigenvalue weighted by atomic mass is 9.75. The van der Waals surface area contributed by atoms with E-state index in [-0.39, 0.29) is 59.2 Å². The molecule has 0 aliphatic carbocycles. The molecule has 0 bridgehead atoms. The molecule has 0 saturated heterocycles. The van der Waals surface area contributed by atoms with Crippen LogP contribution in [-0.2, 0) is 55.0 Å². The first-order valence-electron chi connectivity index (χ1n) is 29.6. The van der Waals surface area contributed by atoms with Gasteiger partial charge >= 0.3 is 5.97 Å². The number of anilines is 1. The molecule has 452 valence electrons. The van der Waals surface area contributed by atoms with Crippen molar-refractivity contribution in [3.63, 3.8) is 0 Å². The molecule has 18 nitrogen and oxygen atoms in total. The van der Waals surface area contributed by atoms with Gasteiger partial charge in [-0.05, 0) is 155 Å². The fourth-order valence-electron chi connectivity index (χ4n) is 12.2. The fourth-order valence-corrected chi connectivity index (χ4v) is 13.5. The summed E-state index contributed by atoms with van der Waals surface area (Å²) in [5.74, 6) is -2.08. The molecule has 84 heavy (non-hydrogen) atoms. The minimum Gasteiger partial charge on any atom is -0.481 e. The minimum absolute atomic E-state index is 0.0476. The van der Waals surface area contributed by atoms with E-state index in [2.05, 4.69) is 76.7 Å². The molecular weight excluding hydrogens is 1110 g/mol. The van der Waals surface area contributed by atoms with Gasteiger partial charge in [0.1, 0.15) is 17.5 Å². The Morgan fingerprint density at radius 1 is 0.714 bits per heavy atom. The molecule has 0 spiro atoms. The average molecular weight is 1190 g/mol. The maximum absolute atomic E-state index is 13.5. The topological polar surface area (TPSA) is 269 Å². The lowest BCUT2D eigenvalue weighted by Crippen LogP contribution is -2.47. The van der Waals surface area contributed by atoms with Crippen LogP contribution in [0.15, 0.2) is 113 Å². The van der Waals surface area contributed by atoms with Crippen molar-refractivity contribution < 1.29 is 59.6 Å². The van der Waals surface area contributed by atoms with Crippen molar-refractivity contribution in [3.05, 3.63) is 120 Å². The number of carboxylic acid groups (broad SMARTS) is 1. The summed E-state index contributed by atoms with van der Waals surface area (Å²) < 4.78 is 73.2. The number of carboxylic acids is 1. The van der Waals surface area contributed by atoms with Gasteiger partial charge in [-0.25, -0.2) is 0 Å². The van der Waals surface area contributed by atoms with Crippen LogP contribution < -0.4 is 26.2 Å². The summed E-state index contributed by atoms with van der Waals surface area (Å²) in [6, 6.07) is 14.9. The number of hydrogen-bond donors (Lipinski definition) is 7. The summed E-state index contributed by atoms with van der Waals surface area (Å²) in [6.45, 7) is 11.9. The second kappa shape index (κ2) is 28.7. The van der Waals surface area contributed by atoms with E-state index in [0.717, 1.165) is 62.1 Å². The molecule has 3 unspecified atom stereocenters. The molecule has 3 aliphatic heterocycles. The Hall–Kier alpha value is -7.00. The number of amides is 4. The SMILES string of the molecule is CCC1(C)C2=[N+](CCCCCC(=O)NCC(=O)NCCCCC(C(=O)NCCCCCC(=O)O)NC(=O)CCCCCN3/C(=C/C=C/C=C/C=C/2)C(C)(CC)c2c3ccc3c(S(=O)(=O)O)cccc23)c2ccc3c(C)cc(S(=O)(=O)O)cc3c21. The smallest absolute Gasteiger partial charge is 0.303 e. The predicted octanol–water partition coefficient (Wildman–Crippen LogP) is 10.1. The lowest BCUT2D eigenvalue weighted by Gasteiger charge is -2.29. The van der Waals surface area contributed by atoms with Crippen molar-refractivity contribution in [2.45, 2.75) is 170 Å². The van der Waals surface area contributed by atoms with E-state index in [9.17, 15) is 49.9 Å². The molecule has 4 aromatic rings. The quantitative estimate of drug-likeness (QED) is 0.0419. The highest BCUT2D eigenvalue weighted by Gasteiger charge is 2.48. The summed E-state index contributed by atoms with van der Waals surface area (Å²) in [6.07, 6.45) is 22.7. The molecule has 4 amide bonds. The number of carbonyl (C=O) groups excluding carboxylic acids is 4. The zero-order valence-electron chi connectivity index (χ0n) is 49.1. The number of rotatable bonds is 11. The molecule has 0 radical (unpaired) electrons. The van der Waals surface area contributed by atoms with Crippen molar-refractivity contribution in [1.82, 2.24) is 21.3 Å². The van der Waals surface area contributed by atoms with Gasteiger partial charge in [-0.3, -0.25) is 33.1 Å². The minimum atomic E-state index is -4.54. The molecule has 3 heterocycles. The molecular formula is C64H83N6O12S2+. The van der Waals surface area contributed by atoms with Crippen LogP contribution in [-0.4, -0.2) is 110 Å². The van der Waals surface area contributed by atoms with Crippen molar-refractivity contribution in [1.29, 1.82) is 0 Å². The Kier molecular flexibility index (Phi) is 22.1. The van der Waals surface area contributed by atoms with Gasteiger partial charge in [-0.2, -0.15) is 21.4 Å². The van der Waals surface area contributed by atoms with Gasteiger partial charge in [0.05, 0.1) is 16.9 Å². The number of nitrogens with one attached hydrogen (secondary N) is 4. The number of carbonyl (C=O) groups is 5. The van der Waals surface area contributed by atoms with Crippen LogP contribution in [0.3, 0.4) is 0 Å². The summed E-state index contributed by atoms with van der Waals surface area (Å²) in [5.41, 5.74) is 5.32. The van der Waals surface area contributed by atoms with E-state index < -0.39 is 43.1 Å². The van der Waals surface area contributed by atoms with E-state index >= 15 is 0 Å². The number of allylic oxidation sites excluding steroid dienone is 8. The predicted molar refractivity (Wildman–Crippen MR) is 328 cm³/mol. The molecule has 7 rings (SSSR count). The maximum Gasteiger partial charge on any atom is 0.303 e. The van der Waals surface area contributed by atoms with Gasteiger partial charge in [-0.1, -0.05) is 75.3 Å². The van der Waals surface area contributed by atoms with Gasteiger partial charge in [0.25, 0.3) is 20.2 Å². The first kappa shape index (κ1) is 64.6. The van der Waals surface area contributed by atoms with E-state index in [1.165, 1.54) is 12.1 Å². The molecule has 7 N–H and O–H groups in total. The van der Waals surface area contributed by atoms with Gasteiger partial charge in [0.2, 0.25) is 29.3 Å². The highest BCUT2D eigenvalue weighted by Crippen LogP contribution is 2.53. The first-order valence-corrected chi connectivity index (χ1v) is 32.5. The van der Waals surface area contributed by atoms with E-state index in [0.29, 0.717) is 115 Å². The second-order valence-electron chi connectivity index (χ2n) is 22.7. The number of nitrogens with zero attached hydrogens (tertiary/aromatic N) is 2. The maximum atomic E-state index is 13.5. The summed E-state index contributed by atoms with van der Waals surface area (Å²) in [4.78, 5) is 65.6. The van der Waals surface area contributed by atoms with Gasteiger partial charge in [0.15, 0.2) is 5.71 Å². The Bertz CT molecular complexity index is 3530. The third-order valence-electron chi connectivity index (χ3n) is 16.9. The van der Waals surface area contributed by atoms with Crippen LogP contribution in [0, 0.1) is 6.92 Å². The summed E-state index contributed by atoms with van der Waals surface area (Å²) in [7, 11) is -9.05. The third kappa shape index (κ3) is 15.5. The Morgan fingerprint density at radius 3 is 2.15 bits per heavy atom. The van der Waals surface area contributed by atoms with Gasteiger partial charge in [-0.15, -0.1) is 0 Å². The number of unbranched alkanes of at least 4 members (excludes halogenated alkanes) is 2. The molecule has 0 saturated carbocycles. The zero-order chi connectivity index (χ0) is 60.8. The van der Waals surface area contributed by atoms with Crippen LogP contribution in [0.25, 0.3) is 21.5 Å². The number of aliphatic carboxylic acids is 1. The van der Waals surface area contributed by atoms with Crippen LogP contribution in [0.5, 0.6) is 0 Å².